The van der Waals surface area contributed by atoms with Crippen LogP contribution in [-0.4, -0.2) is 43.2 Å². The molecule has 26 heavy (non-hydrogen) atoms. The topological polar surface area (TPSA) is 38.8 Å². The van der Waals surface area contributed by atoms with E-state index >= 15 is 0 Å². The number of nitrogens with zero attached hydrogens (tertiary/aromatic N) is 1. The lowest BCUT2D eigenvalue weighted by Gasteiger charge is -2.47. The lowest BCUT2D eigenvalue weighted by Crippen LogP contribution is -2.52. The molecule has 4 rings (SSSR count). The van der Waals surface area contributed by atoms with Crippen molar-refractivity contribution in [3.05, 3.63) is 29.8 Å². The van der Waals surface area contributed by atoms with Crippen LogP contribution in [0.15, 0.2) is 24.3 Å². The molecule has 2 saturated heterocycles. The Balaban J connectivity index is 1.32. The van der Waals surface area contributed by atoms with Gasteiger partial charge in [0.1, 0.15) is 5.75 Å². The summed E-state index contributed by atoms with van der Waals surface area (Å²) in [6.45, 7) is 2.62. The Kier molecular flexibility index (Phi) is 5.21. The van der Waals surface area contributed by atoms with Crippen molar-refractivity contribution in [1.29, 1.82) is 0 Å². The van der Waals surface area contributed by atoms with E-state index in [0.717, 1.165) is 70.4 Å². The lowest BCUT2D eigenvalue weighted by molar-refractivity contribution is -0.152. The van der Waals surface area contributed by atoms with Crippen LogP contribution in [0.2, 0.25) is 0 Å². The number of rotatable bonds is 4. The molecule has 3 aliphatic rings. The van der Waals surface area contributed by atoms with E-state index in [1.165, 1.54) is 12.0 Å². The summed E-state index contributed by atoms with van der Waals surface area (Å²) in [5.41, 5.74) is 1.39. The monoisotopic (exact) mass is 357 g/mol. The summed E-state index contributed by atoms with van der Waals surface area (Å²) in [5, 5.41) is 0. The molecule has 1 atom stereocenters. The summed E-state index contributed by atoms with van der Waals surface area (Å²) < 4.78 is 11.5. The highest BCUT2D eigenvalue weighted by molar-refractivity contribution is 5.79. The molecule has 2 aliphatic heterocycles. The van der Waals surface area contributed by atoms with E-state index in [-0.39, 0.29) is 5.60 Å². The third-order valence-electron chi connectivity index (χ3n) is 6.72. The molecule has 1 saturated carbocycles. The first kappa shape index (κ1) is 17.8. The van der Waals surface area contributed by atoms with Crippen molar-refractivity contribution in [2.24, 2.45) is 11.8 Å². The molecule has 1 aliphatic carbocycles. The molecule has 1 amide bonds. The predicted molar refractivity (Wildman–Crippen MR) is 101 cm³/mol. The molecule has 2 heterocycles. The number of hydrogen-bond donors (Lipinski definition) is 0. The Morgan fingerprint density at radius 2 is 1.92 bits per heavy atom. The van der Waals surface area contributed by atoms with Crippen LogP contribution in [-0.2, 0) is 16.0 Å². The third-order valence-corrected chi connectivity index (χ3v) is 6.72. The molecular formula is C22H31NO3. The fourth-order valence-electron chi connectivity index (χ4n) is 4.79. The number of carbonyl (C=O) groups is 1. The van der Waals surface area contributed by atoms with Crippen LogP contribution in [0.3, 0.4) is 0 Å². The van der Waals surface area contributed by atoms with Crippen LogP contribution in [0, 0.1) is 11.8 Å². The number of benzene rings is 1. The highest BCUT2D eigenvalue weighted by Gasteiger charge is 2.42. The molecular weight excluding hydrogens is 326 g/mol. The van der Waals surface area contributed by atoms with E-state index in [0.29, 0.717) is 17.7 Å². The summed E-state index contributed by atoms with van der Waals surface area (Å²) in [7, 11) is 1.71. The maximum atomic E-state index is 12.5. The zero-order valence-electron chi connectivity index (χ0n) is 15.9. The van der Waals surface area contributed by atoms with Gasteiger partial charge in [-0.3, -0.25) is 4.79 Å². The van der Waals surface area contributed by atoms with Crippen molar-refractivity contribution in [3.63, 3.8) is 0 Å². The molecule has 4 nitrogen and oxygen atoms in total. The molecule has 1 unspecified atom stereocenters. The maximum absolute atomic E-state index is 12.5. The van der Waals surface area contributed by atoms with E-state index in [1.807, 2.05) is 0 Å². The smallest absolute Gasteiger partial charge is 0.225 e. The van der Waals surface area contributed by atoms with E-state index in [9.17, 15) is 4.79 Å². The molecule has 142 valence electrons. The lowest BCUT2D eigenvalue weighted by atomic mass is 9.77. The van der Waals surface area contributed by atoms with Crippen molar-refractivity contribution < 1.29 is 14.3 Å². The molecule has 3 fully saturated rings. The Labute approximate surface area is 156 Å². The van der Waals surface area contributed by atoms with Crippen molar-refractivity contribution in [3.8, 4) is 5.75 Å². The second-order valence-electron chi connectivity index (χ2n) is 8.40. The van der Waals surface area contributed by atoms with Crippen molar-refractivity contribution in [1.82, 2.24) is 4.90 Å². The van der Waals surface area contributed by atoms with Crippen LogP contribution in [0.1, 0.15) is 50.5 Å². The fourth-order valence-corrected chi connectivity index (χ4v) is 4.79. The van der Waals surface area contributed by atoms with Crippen LogP contribution in [0.25, 0.3) is 0 Å². The van der Waals surface area contributed by atoms with Gasteiger partial charge in [-0.25, -0.2) is 0 Å². The van der Waals surface area contributed by atoms with Gasteiger partial charge in [0.2, 0.25) is 5.91 Å². The van der Waals surface area contributed by atoms with Crippen LogP contribution in [0.4, 0.5) is 0 Å². The first-order valence-corrected chi connectivity index (χ1v) is 10.2. The molecule has 4 heteroatoms. The van der Waals surface area contributed by atoms with Gasteiger partial charge in [-0.15, -0.1) is 0 Å². The second-order valence-corrected chi connectivity index (χ2v) is 8.40. The molecule has 0 aromatic heterocycles. The largest absolute Gasteiger partial charge is 0.497 e. The van der Waals surface area contributed by atoms with Crippen LogP contribution in [0.5, 0.6) is 5.75 Å². The Morgan fingerprint density at radius 3 is 2.54 bits per heavy atom. The van der Waals surface area contributed by atoms with Crippen LogP contribution < -0.4 is 4.74 Å². The molecule has 0 radical (unpaired) electrons. The van der Waals surface area contributed by atoms with Gasteiger partial charge in [0.05, 0.1) is 12.7 Å². The molecule has 1 aromatic rings. The van der Waals surface area contributed by atoms with Crippen molar-refractivity contribution in [2.75, 3.05) is 26.8 Å². The number of amides is 1. The maximum Gasteiger partial charge on any atom is 0.225 e. The van der Waals surface area contributed by atoms with Gasteiger partial charge in [-0.05, 0) is 68.6 Å². The second kappa shape index (κ2) is 7.59. The standard InChI is InChI=1S/C22H31NO3/c1-25-20-7-5-17(6-8-20)15-18-9-14-26-22(16-18)10-12-23(13-11-22)21(24)19-3-2-4-19/h5-8,18-19H,2-4,9-16H2,1H3. The van der Waals surface area contributed by atoms with Gasteiger partial charge in [0.15, 0.2) is 0 Å². The molecule has 1 spiro atoms. The fraction of sp³-hybridized carbons (Fsp3) is 0.682. The SMILES string of the molecule is COc1ccc(CC2CCOC3(CCN(C(=O)C4CCC4)CC3)C2)cc1. The highest BCUT2D eigenvalue weighted by Crippen LogP contribution is 2.40. The number of methoxy groups -OCH3 is 1. The summed E-state index contributed by atoms with van der Waals surface area (Å²) in [6, 6.07) is 8.46. The Morgan fingerprint density at radius 1 is 1.19 bits per heavy atom. The average Bonchev–Trinajstić information content (AvgIpc) is 2.62. The Bertz CT molecular complexity index is 615. The first-order valence-electron chi connectivity index (χ1n) is 10.2. The van der Waals surface area contributed by atoms with E-state index in [4.69, 9.17) is 9.47 Å². The third kappa shape index (κ3) is 3.75. The zero-order chi connectivity index (χ0) is 18.0. The molecule has 1 aromatic carbocycles. The van der Waals surface area contributed by atoms with Gasteiger partial charge in [0.25, 0.3) is 0 Å². The van der Waals surface area contributed by atoms with E-state index in [1.54, 1.807) is 7.11 Å². The minimum absolute atomic E-state index is 0.00573. The average molecular weight is 357 g/mol. The van der Waals surface area contributed by atoms with Crippen molar-refractivity contribution in [2.45, 2.75) is 57.0 Å². The molecule has 0 bridgehead atoms. The van der Waals surface area contributed by atoms with Gasteiger partial charge < -0.3 is 14.4 Å². The highest BCUT2D eigenvalue weighted by atomic mass is 16.5. The summed E-state index contributed by atoms with van der Waals surface area (Å²) in [5.74, 6) is 2.31. The zero-order valence-corrected chi connectivity index (χ0v) is 15.9. The van der Waals surface area contributed by atoms with Gasteiger partial charge in [-0.1, -0.05) is 18.6 Å². The Hall–Kier alpha value is -1.55. The van der Waals surface area contributed by atoms with Gasteiger partial charge >= 0.3 is 0 Å². The summed E-state index contributed by atoms with van der Waals surface area (Å²) in [6.07, 6.45) is 8.81. The minimum Gasteiger partial charge on any atom is -0.497 e. The van der Waals surface area contributed by atoms with E-state index < -0.39 is 0 Å². The van der Waals surface area contributed by atoms with Gasteiger partial charge in [0, 0.05) is 25.6 Å². The first-order chi connectivity index (χ1) is 12.7. The summed E-state index contributed by atoms with van der Waals surface area (Å²) in [4.78, 5) is 14.6. The number of carbonyl (C=O) groups excluding carboxylic acids is 1. The molecule has 0 N–H and O–H groups in total. The minimum atomic E-state index is 0.00573. The van der Waals surface area contributed by atoms with E-state index in [2.05, 4.69) is 29.2 Å². The quantitative estimate of drug-likeness (QED) is 0.822. The number of ether oxygens (including phenoxy) is 2. The number of piperidine rings is 1. The number of hydrogen-bond acceptors (Lipinski definition) is 3. The summed E-state index contributed by atoms with van der Waals surface area (Å²) >= 11 is 0. The normalized spacial score (nSPS) is 25.7. The number of likely N-dealkylation sites (tertiary alicyclic amines) is 1. The van der Waals surface area contributed by atoms with Crippen LogP contribution >= 0.6 is 0 Å². The van der Waals surface area contributed by atoms with Crippen molar-refractivity contribution >= 4 is 5.91 Å². The van der Waals surface area contributed by atoms with Gasteiger partial charge in [-0.2, -0.15) is 0 Å². The predicted octanol–water partition coefficient (Wildman–Crippen LogP) is 3.83.